The molecule has 0 saturated heterocycles. The van der Waals surface area contributed by atoms with Gasteiger partial charge in [-0.2, -0.15) is 0 Å². The van der Waals surface area contributed by atoms with Crippen molar-refractivity contribution in [3.63, 3.8) is 0 Å². The van der Waals surface area contributed by atoms with E-state index in [-0.39, 0.29) is 0 Å². The Morgan fingerprint density at radius 2 is 2.06 bits per heavy atom. The molecular weight excluding hydrogens is 240 g/mol. The molecule has 0 spiro atoms. The third kappa shape index (κ3) is 2.12. The molecule has 0 unspecified atom stereocenters. The number of rotatable bonds is 2. The van der Waals surface area contributed by atoms with Gasteiger partial charge < -0.3 is 10.5 Å². The van der Waals surface area contributed by atoms with Crippen LogP contribution in [0.3, 0.4) is 0 Å². The van der Waals surface area contributed by atoms with Gasteiger partial charge in [-0.3, -0.25) is 0 Å². The molecule has 2 rings (SSSR count). The minimum atomic E-state index is -3.49. The van der Waals surface area contributed by atoms with Gasteiger partial charge in [-0.1, -0.05) is 0 Å². The van der Waals surface area contributed by atoms with Crippen LogP contribution in [0.2, 0.25) is 0 Å². The van der Waals surface area contributed by atoms with Crippen LogP contribution >= 0.6 is 0 Å². The van der Waals surface area contributed by atoms with Crippen molar-refractivity contribution in [1.29, 1.82) is 0 Å². The van der Waals surface area contributed by atoms with E-state index in [1.54, 1.807) is 24.3 Å². The van der Waals surface area contributed by atoms with E-state index in [0.29, 0.717) is 17.1 Å². The summed E-state index contributed by atoms with van der Waals surface area (Å²) in [4.78, 5) is 0. The number of allylic oxidation sites excluding steroid dienone is 2. The van der Waals surface area contributed by atoms with E-state index in [1.807, 2.05) is 0 Å². The van der Waals surface area contributed by atoms with Crippen molar-refractivity contribution in [1.82, 2.24) is 0 Å². The first-order valence-corrected chi connectivity index (χ1v) is 6.38. The fourth-order valence-electron chi connectivity index (χ4n) is 1.48. The SMILES string of the molecule is COc1ccc(N)c(N2C=CC=CS2(=O)=O)c1. The third-order valence-corrected chi connectivity index (χ3v) is 3.70. The molecule has 0 amide bonds. The molecule has 1 aromatic rings. The van der Waals surface area contributed by atoms with Crippen LogP contribution in [0.15, 0.2) is 42.0 Å². The maximum Gasteiger partial charge on any atom is 0.261 e. The Balaban J connectivity index is 2.54. The Morgan fingerprint density at radius 1 is 1.29 bits per heavy atom. The summed E-state index contributed by atoms with van der Waals surface area (Å²) in [5, 5.41) is 1.12. The molecule has 0 saturated carbocycles. The molecule has 0 bridgehead atoms. The zero-order valence-electron chi connectivity index (χ0n) is 9.20. The molecule has 17 heavy (non-hydrogen) atoms. The van der Waals surface area contributed by atoms with E-state index in [2.05, 4.69) is 0 Å². The highest BCUT2D eigenvalue weighted by Crippen LogP contribution is 2.31. The lowest BCUT2D eigenvalue weighted by atomic mass is 10.2. The Kier molecular flexibility index (Phi) is 2.81. The van der Waals surface area contributed by atoms with Crippen molar-refractivity contribution in [2.24, 2.45) is 0 Å². The van der Waals surface area contributed by atoms with E-state index >= 15 is 0 Å². The first kappa shape index (κ1) is 11.5. The van der Waals surface area contributed by atoms with E-state index in [0.717, 1.165) is 9.71 Å². The van der Waals surface area contributed by atoms with Crippen molar-refractivity contribution in [3.8, 4) is 5.75 Å². The number of nitrogen functional groups attached to an aromatic ring is 1. The third-order valence-electron chi connectivity index (χ3n) is 2.33. The summed E-state index contributed by atoms with van der Waals surface area (Å²) in [6.45, 7) is 0. The van der Waals surface area contributed by atoms with Gasteiger partial charge in [0.25, 0.3) is 10.0 Å². The number of nitrogens with two attached hydrogens (primary N) is 1. The fourth-order valence-corrected chi connectivity index (χ4v) is 2.57. The number of benzene rings is 1. The van der Waals surface area contributed by atoms with Crippen LogP contribution in [0, 0.1) is 0 Å². The molecule has 0 aromatic heterocycles. The first-order valence-electron chi connectivity index (χ1n) is 4.87. The number of hydrogen-bond donors (Lipinski definition) is 1. The molecule has 1 aliphatic heterocycles. The lowest BCUT2D eigenvalue weighted by Gasteiger charge is -2.22. The van der Waals surface area contributed by atoms with Crippen molar-refractivity contribution in [2.45, 2.75) is 0 Å². The topological polar surface area (TPSA) is 72.6 Å². The van der Waals surface area contributed by atoms with E-state index in [9.17, 15) is 8.42 Å². The number of ether oxygens (including phenoxy) is 1. The van der Waals surface area contributed by atoms with Crippen molar-refractivity contribution >= 4 is 21.4 Å². The lowest BCUT2D eigenvalue weighted by Crippen LogP contribution is -2.25. The van der Waals surface area contributed by atoms with E-state index < -0.39 is 10.0 Å². The molecule has 90 valence electrons. The fraction of sp³-hybridized carbons (Fsp3) is 0.0909. The van der Waals surface area contributed by atoms with Crippen molar-refractivity contribution in [3.05, 3.63) is 42.0 Å². The molecule has 0 atom stereocenters. The van der Waals surface area contributed by atoms with Crippen LogP contribution in [-0.2, 0) is 10.0 Å². The molecule has 0 aliphatic carbocycles. The van der Waals surface area contributed by atoms with Gasteiger partial charge in [0.05, 0.1) is 23.9 Å². The maximum atomic E-state index is 11.8. The Hall–Kier alpha value is -1.95. The Morgan fingerprint density at radius 3 is 2.71 bits per heavy atom. The molecule has 6 heteroatoms. The van der Waals surface area contributed by atoms with Gasteiger partial charge in [-0.05, 0) is 24.3 Å². The van der Waals surface area contributed by atoms with E-state index in [4.69, 9.17) is 10.5 Å². The predicted octanol–water partition coefficient (Wildman–Crippen LogP) is 1.45. The molecule has 1 aliphatic rings. The summed E-state index contributed by atoms with van der Waals surface area (Å²) in [5.74, 6) is 0.548. The van der Waals surface area contributed by atoms with Crippen LogP contribution in [0.5, 0.6) is 5.75 Å². The van der Waals surface area contributed by atoms with Gasteiger partial charge in [0, 0.05) is 12.3 Å². The smallest absolute Gasteiger partial charge is 0.261 e. The minimum Gasteiger partial charge on any atom is -0.497 e. The highest BCUT2D eigenvalue weighted by molar-refractivity contribution is 7.95. The summed E-state index contributed by atoms with van der Waals surface area (Å²) in [7, 11) is -1.98. The second-order valence-corrected chi connectivity index (χ2v) is 5.13. The number of nitrogens with zero attached hydrogens (tertiary/aromatic N) is 1. The summed E-state index contributed by atoms with van der Waals surface area (Å²) in [5.41, 5.74) is 6.53. The summed E-state index contributed by atoms with van der Waals surface area (Å²) in [6, 6.07) is 4.86. The number of sulfonamides is 1. The number of methoxy groups -OCH3 is 1. The highest BCUT2D eigenvalue weighted by atomic mass is 32.2. The lowest BCUT2D eigenvalue weighted by molar-refractivity contribution is 0.415. The first-order chi connectivity index (χ1) is 8.04. The van der Waals surface area contributed by atoms with Crippen LogP contribution < -0.4 is 14.8 Å². The second kappa shape index (κ2) is 4.14. The van der Waals surface area contributed by atoms with Crippen LogP contribution in [0.25, 0.3) is 0 Å². The van der Waals surface area contributed by atoms with Crippen LogP contribution in [0.4, 0.5) is 11.4 Å². The summed E-state index contributed by atoms with van der Waals surface area (Å²) < 4.78 is 29.8. The van der Waals surface area contributed by atoms with Crippen molar-refractivity contribution < 1.29 is 13.2 Å². The summed E-state index contributed by atoms with van der Waals surface area (Å²) in [6.07, 6.45) is 4.53. The average Bonchev–Trinajstić information content (AvgIpc) is 2.30. The van der Waals surface area contributed by atoms with Gasteiger partial charge in [0.2, 0.25) is 0 Å². The Labute approximate surface area is 99.8 Å². The Bertz CT molecular complexity index is 591. The predicted molar refractivity (Wildman–Crippen MR) is 67.1 cm³/mol. The standard InChI is InChI=1S/C11H12N2O3S/c1-16-9-4-5-10(12)11(8-9)13-6-2-3-7-17(13,14)15/h2-8H,12H2,1H3. The average molecular weight is 252 g/mol. The van der Waals surface area contributed by atoms with E-state index in [1.165, 1.54) is 19.4 Å². The van der Waals surface area contributed by atoms with Crippen LogP contribution in [-0.4, -0.2) is 15.5 Å². The van der Waals surface area contributed by atoms with Gasteiger partial charge in [-0.15, -0.1) is 0 Å². The molecule has 1 heterocycles. The van der Waals surface area contributed by atoms with Gasteiger partial charge >= 0.3 is 0 Å². The molecule has 2 N–H and O–H groups in total. The molecule has 0 fully saturated rings. The largest absolute Gasteiger partial charge is 0.497 e. The van der Waals surface area contributed by atoms with Gasteiger partial charge in [0.15, 0.2) is 0 Å². The zero-order valence-corrected chi connectivity index (χ0v) is 10.0. The number of anilines is 2. The highest BCUT2D eigenvalue weighted by Gasteiger charge is 2.21. The quantitative estimate of drug-likeness (QED) is 0.809. The maximum absolute atomic E-state index is 11.8. The van der Waals surface area contributed by atoms with Crippen LogP contribution in [0.1, 0.15) is 0 Å². The molecular formula is C11H12N2O3S. The van der Waals surface area contributed by atoms with Gasteiger partial charge in [0.1, 0.15) is 5.75 Å². The molecule has 5 nitrogen and oxygen atoms in total. The second-order valence-electron chi connectivity index (χ2n) is 3.44. The minimum absolute atomic E-state index is 0.370. The normalized spacial score (nSPS) is 17.1. The molecule has 0 radical (unpaired) electrons. The van der Waals surface area contributed by atoms with Crippen molar-refractivity contribution in [2.75, 3.05) is 17.1 Å². The monoisotopic (exact) mass is 252 g/mol. The number of hydrogen-bond acceptors (Lipinski definition) is 4. The van der Waals surface area contributed by atoms with Gasteiger partial charge in [-0.25, -0.2) is 12.7 Å². The zero-order chi connectivity index (χ0) is 12.5. The molecule has 1 aromatic carbocycles. The summed E-state index contributed by atoms with van der Waals surface area (Å²) >= 11 is 0.